The quantitative estimate of drug-likeness (QED) is 0.179. The molecule has 11 nitrogen and oxygen atoms in total. The molecule has 4 unspecified atom stereocenters. The zero-order chi connectivity index (χ0) is 22.1. The average Bonchev–Trinajstić information content (AvgIpc) is 3.43. The lowest BCUT2D eigenvalue weighted by molar-refractivity contribution is -0.141. The molecule has 1 aromatic rings. The summed E-state index contributed by atoms with van der Waals surface area (Å²) in [6, 6.07) is -3.63. The minimum atomic E-state index is -1.24. The molecule has 1 aliphatic rings. The highest BCUT2D eigenvalue weighted by Crippen LogP contribution is 2.07. The van der Waals surface area contributed by atoms with Crippen molar-refractivity contribution in [1.82, 2.24) is 31.2 Å². The van der Waals surface area contributed by atoms with Gasteiger partial charge in [0.05, 0.1) is 12.4 Å². The summed E-state index contributed by atoms with van der Waals surface area (Å²) in [6.45, 7) is 0.729. The summed E-state index contributed by atoms with van der Waals surface area (Å²) in [4.78, 5) is 55.6. The number of carbonyl (C=O) groups excluding carboxylic acids is 3. The predicted molar refractivity (Wildman–Crippen MR) is 114 cm³/mol. The number of carboxylic acid groups (broad SMARTS) is 1. The van der Waals surface area contributed by atoms with Crippen LogP contribution in [0.3, 0.4) is 0 Å². The fourth-order valence-electron chi connectivity index (χ4n) is 2.93. The molecule has 3 amide bonds. The fourth-order valence-corrected chi connectivity index (χ4v) is 3.43. The number of nitrogens with zero attached hydrogens (tertiary/aromatic N) is 1. The second kappa shape index (κ2) is 11.8. The highest BCUT2D eigenvalue weighted by atomic mass is 32.1. The van der Waals surface area contributed by atoms with Crippen molar-refractivity contribution >= 4 is 48.9 Å². The molecule has 1 aromatic heterocycles. The van der Waals surface area contributed by atoms with Gasteiger partial charge in [0.15, 0.2) is 0 Å². The molecule has 0 aromatic carbocycles. The Hall–Kier alpha value is -2.25. The van der Waals surface area contributed by atoms with Gasteiger partial charge in [-0.15, -0.1) is 0 Å². The van der Waals surface area contributed by atoms with Gasteiger partial charge in [0.25, 0.3) is 0 Å². The molecule has 2 heterocycles. The topological polar surface area (TPSA) is 165 Å². The van der Waals surface area contributed by atoms with Crippen LogP contribution >= 0.6 is 25.3 Å². The summed E-state index contributed by atoms with van der Waals surface area (Å²) < 4.78 is 0. The lowest BCUT2D eigenvalue weighted by Crippen LogP contribution is -2.58. The van der Waals surface area contributed by atoms with Gasteiger partial charge in [-0.3, -0.25) is 14.4 Å². The largest absolute Gasteiger partial charge is 0.480 e. The van der Waals surface area contributed by atoms with Gasteiger partial charge < -0.3 is 31.4 Å². The van der Waals surface area contributed by atoms with Crippen LogP contribution in [0.4, 0.5) is 0 Å². The van der Waals surface area contributed by atoms with Crippen LogP contribution in [0.1, 0.15) is 18.5 Å². The van der Waals surface area contributed by atoms with E-state index < -0.39 is 35.9 Å². The van der Waals surface area contributed by atoms with E-state index >= 15 is 0 Å². The number of aliphatic carboxylic acids is 1. The first-order valence-electron chi connectivity index (χ1n) is 9.42. The van der Waals surface area contributed by atoms with Gasteiger partial charge in [0.2, 0.25) is 17.7 Å². The van der Waals surface area contributed by atoms with Gasteiger partial charge in [0.1, 0.15) is 18.1 Å². The van der Waals surface area contributed by atoms with Crippen molar-refractivity contribution in [3.63, 3.8) is 0 Å². The highest BCUT2D eigenvalue weighted by molar-refractivity contribution is 7.80. The standard InChI is InChI=1S/C17H26N6O5S2/c24-14(10-2-1-3-19-10)21-11(4-9-5-18-8-20-9)15(25)22-12(6-29)16(26)23-13(7-30)17(27)28/h5,8,10-13,19,29-30H,1-4,6-7H2,(H,18,20)(H,21,24)(H,22,25)(H,23,26)(H,27,28). The van der Waals surface area contributed by atoms with Crippen molar-refractivity contribution in [3.8, 4) is 0 Å². The van der Waals surface area contributed by atoms with Crippen molar-refractivity contribution in [1.29, 1.82) is 0 Å². The number of hydrogen-bond acceptors (Lipinski definition) is 8. The third kappa shape index (κ3) is 6.92. The number of aromatic nitrogens is 2. The monoisotopic (exact) mass is 458 g/mol. The number of carboxylic acids is 1. The molecule has 6 N–H and O–H groups in total. The number of carbonyl (C=O) groups is 4. The van der Waals surface area contributed by atoms with E-state index in [9.17, 15) is 19.2 Å². The molecule has 0 spiro atoms. The summed E-state index contributed by atoms with van der Waals surface area (Å²) in [5.41, 5.74) is 0.628. The number of H-pyrrole nitrogens is 1. The number of hydrogen-bond donors (Lipinski definition) is 8. The van der Waals surface area contributed by atoms with Gasteiger partial charge in [-0.25, -0.2) is 9.78 Å². The van der Waals surface area contributed by atoms with Gasteiger partial charge in [0, 0.05) is 29.8 Å². The maximum absolute atomic E-state index is 12.9. The molecule has 0 saturated carbocycles. The number of amides is 3. The van der Waals surface area contributed by atoms with Crippen LogP contribution in [0.25, 0.3) is 0 Å². The van der Waals surface area contributed by atoms with Crippen molar-refractivity contribution in [2.75, 3.05) is 18.1 Å². The Bertz CT molecular complexity index is 741. The second-order valence-electron chi connectivity index (χ2n) is 6.82. The summed E-state index contributed by atoms with van der Waals surface area (Å²) in [5, 5.41) is 19.7. The third-order valence-electron chi connectivity index (χ3n) is 4.60. The highest BCUT2D eigenvalue weighted by Gasteiger charge is 2.31. The van der Waals surface area contributed by atoms with Gasteiger partial charge in [-0.1, -0.05) is 0 Å². The molecular weight excluding hydrogens is 432 g/mol. The Balaban J connectivity index is 2.05. The molecule has 13 heteroatoms. The maximum atomic E-state index is 12.9. The van der Waals surface area contributed by atoms with Crippen LogP contribution in [0, 0.1) is 0 Å². The van der Waals surface area contributed by atoms with E-state index in [0.717, 1.165) is 13.0 Å². The predicted octanol–water partition coefficient (Wildman–Crippen LogP) is -1.90. The summed E-state index contributed by atoms with van der Waals surface area (Å²) in [6.07, 6.45) is 4.67. The van der Waals surface area contributed by atoms with E-state index in [1.165, 1.54) is 12.5 Å². The van der Waals surface area contributed by atoms with Crippen LogP contribution < -0.4 is 21.3 Å². The minimum Gasteiger partial charge on any atom is -0.480 e. The number of imidazole rings is 1. The average molecular weight is 459 g/mol. The van der Waals surface area contributed by atoms with E-state index in [1.807, 2.05) is 0 Å². The number of thiol groups is 2. The first-order valence-corrected chi connectivity index (χ1v) is 10.7. The first kappa shape index (κ1) is 24.0. The van der Waals surface area contributed by atoms with Crippen LogP contribution in [0.2, 0.25) is 0 Å². The molecule has 1 aliphatic heterocycles. The molecule has 1 fully saturated rings. The Morgan fingerprint density at radius 2 is 1.77 bits per heavy atom. The van der Waals surface area contributed by atoms with E-state index in [1.54, 1.807) is 0 Å². The van der Waals surface area contributed by atoms with E-state index in [2.05, 4.69) is 56.5 Å². The molecule has 30 heavy (non-hydrogen) atoms. The number of aromatic amines is 1. The van der Waals surface area contributed by atoms with Crippen LogP contribution in [0.5, 0.6) is 0 Å². The summed E-state index contributed by atoms with van der Waals surface area (Å²) in [5.74, 6) is -3.02. The smallest absolute Gasteiger partial charge is 0.327 e. The molecule has 4 atom stereocenters. The Morgan fingerprint density at radius 3 is 2.30 bits per heavy atom. The van der Waals surface area contributed by atoms with Gasteiger partial charge >= 0.3 is 5.97 Å². The normalized spacial score (nSPS) is 18.8. The Morgan fingerprint density at radius 1 is 1.10 bits per heavy atom. The van der Waals surface area contributed by atoms with Crippen LogP contribution in [0.15, 0.2) is 12.5 Å². The molecule has 1 saturated heterocycles. The zero-order valence-corrected chi connectivity index (χ0v) is 17.9. The fraction of sp³-hybridized carbons (Fsp3) is 0.588. The molecule has 0 aliphatic carbocycles. The Labute approximate surface area is 184 Å². The van der Waals surface area contributed by atoms with Crippen molar-refractivity contribution in [2.24, 2.45) is 0 Å². The lowest BCUT2D eigenvalue weighted by atomic mass is 10.1. The van der Waals surface area contributed by atoms with Crippen molar-refractivity contribution in [2.45, 2.75) is 43.4 Å². The molecule has 0 radical (unpaired) electrons. The lowest BCUT2D eigenvalue weighted by Gasteiger charge is -2.24. The molecular formula is C17H26N6O5S2. The van der Waals surface area contributed by atoms with Gasteiger partial charge in [-0.2, -0.15) is 25.3 Å². The van der Waals surface area contributed by atoms with E-state index in [4.69, 9.17) is 5.11 Å². The molecule has 2 rings (SSSR count). The Kier molecular flexibility index (Phi) is 9.46. The number of nitrogens with one attached hydrogen (secondary N) is 5. The second-order valence-corrected chi connectivity index (χ2v) is 7.55. The molecule has 166 valence electrons. The third-order valence-corrected chi connectivity index (χ3v) is 5.33. The minimum absolute atomic E-state index is 0.0641. The van der Waals surface area contributed by atoms with E-state index in [-0.39, 0.29) is 29.9 Å². The van der Waals surface area contributed by atoms with Crippen molar-refractivity contribution in [3.05, 3.63) is 18.2 Å². The zero-order valence-electron chi connectivity index (χ0n) is 16.1. The SMILES string of the molecule is O=C(O)C(CS)NC(=O)C(CS)NC(=O)C(Cc1cnc[nH]1)NC(=O)C1CCCN1. The summed E-state index contributed by atoms with van der Waals surface area (Å²) >= 11 is 7.97. The first-order chi connectivity index (χ1) is 14.3. The van der Waals surface area contributed by atoms with Gasteiger partial charge in [-0.05, 0) is 19.4 Å². The van der Waals surface area contributed by atoms with Crippen molar-refractivity contribution < 1.29 is 24.3 Å². The molecule has 0 bridgehead atoms. The summed E-state index contributed by atoms with van der Waals surface area (Å²) in [7, 11) is 0. The van der Waals surface area contributed by atoms with Crippen LogP contribution in [-0.2, 0) is 25.6 Å². The number of rotatable bonds is 11. The van der Waals surface area contributed by atoms with Crippen LogP contribution in [-0.4, -0.2) is 81.0 Å². The maximum Gasteiger partial charge on any atom is 0.327 e. The van der Waals surface area contributed by atoms with E-state index in [0.29, 0.717) is 12.1 Å².